The third-order valence-corrected chi connectivity index (χ3v) is 6.65. The number of aryl methyl sites for hydroxylation is 1. The lowest BCUT2D eigenvalue weighted by Gasteiger charge is -2.33. The van der Waals surface area contributed by atoms with E-state index in [-0.39, 0.29) is 19.6 Å². The third-order valence-electron chi connectivity index (χ3n) is 6.40. The number of hydrogen-bond donors (Lipinski definition) is 2. The summed E-state index contributed by atoms with van der Waals surface area (Å²) < 4.78 is 7.68. The number of carbonyl (C=O) groups is 1. The third kappa shape index (κ3) is 4.09. The first-order valence-electron chi connectivity index (χ1n) is 11.3. The second-order valence-corrected chi connectivity index (χ2v) is 8.98. The van der Waals surface area contributed by atoms with Crippen LogP contribution in [0.3, 0.4) is 0 Å². The van der Waals surface area contributed by atoms with Gasteiger partial charge >= 0.3 is 5.97 Å². The standard InChI is InChI=1S/C26H25ClN4O4/c1-15-11-21-23(17-3-5-18(27)6-4-17)20(12-22(33)34)16(2)24-25(21)30(15)7-8-31(24)26-28-13-19(14-29-26)35-10-9-32/h3-6,11,13-14,32H,7-10,12H2,1-2H3,(H,33,34). The topological polar surface area (TPSA) is 101 Å². The predicted octanol–water partition coefficient (Wildman–Crippen LogP) is 4.52. The average molecular weight is 493 g/mol. The Morgan fingerprint density at radius 2 is 1.86 bits per heavy atom. The Balaban J connectivity index is 1.74. The maximum Gasteiger partial charge on any atom is 0.307 e. The Labute approximate surface area is 207 Å². The summed E-state index contributed by atoms with van der Waals surface area (Å²) in [4.78, 5) is 23.0. The van der Waals surface area contributed by atoms with Gasteiger partial charge in [-0.3, -0.25) is 4.79 Å². The van der Waals surface area contributed by atoms with Gasteiger partial charge in [-0.1, -0.05) is 23.7 Å². The van der Waals surface area contributed by atoms with Crippen molar-refractivity contribution in [1.82, 2.24) is 14.5 Å². The molecule has 0 atom stereocenters. The van der Waals surface area contributed by atoms with E-state index in [1.165, 1.54) is 0 Å². The molecule has 3 heterocycles. The van der Waals surface area contributed by atoms with Crippen LogP contribution in [0.15, 0.2) is 42.7 Å². The first-order chi connectivity index (χ1) is 16.9. The summed E-state index contributed by atoms with van der Waals surface area (Å²) in [5, 5.41) is 20.4. The van der Waals surface area contributed by atoms with Crippen molar-refractivity contribution in [3.05, 3.63) is 64.6 Å². The van der Waals surface area contributed by atoms with Crippen molar-refractivity contribution in [3.8, 4) is 16.9 Å². The zero-order chi connectivity index (χ0) is 24.7. The van der Waals surface area contributed by atoms with E-state index in [0.717, 1.165) is 51.1 Å². The van der Waals surface area contributed by atoms with Crippen molar-refractivity contribution in [2.75, 3.05) is 24.7 Å². The van der Waals surface area contributed by atoms with E-state index in [1.54, 1.807) is 12.4 Å². The Hall–Kier alpha value is -3.62. The van der Waals surface area contributed by atoms with Gasteiger partial charge in [0.05, 0.1) is 36.6 Å². The largest absolute Gasteiger partial charge is 0.488 e. The smallest absolute Gasteiger partial charge is 0.307 e. The molecule has 4 aromatic rings. The number of benzene rings is 2. The molecule has 0 bridgehead atoms. The molecule has 0 unspecified atom stereocenters. The number of rotatable bonds is 7. The van der Waals surface area contributed by atoms with Gasteiger partial charge in [-0.2, -0.15) is 0 Å². The summed E-state index contributed by atoms with van der Waals surface area (Å²) in [5.41, 5.74) is 6.54. The van der Waals surface area contributed by atoms with Crippen molar-refractivity contribution in [2.45, 2.75) is 26.8 Å². The summed E-state index contributed by atoms with van der Waals surface area (Å²) in [5.74, 6) is 0.0944. The number of halogens is 1. The van der Waals surface area contributed by atoms with Gasteiger partial charge in [0.2, 0.25) is 5.95 Å². The van der Waals surface area contributed by atoms with Gasteiger partial charge in [-0.25, -0.2) is 9.97 Å². The number of nitrogens with zero attached hydrogens (tertiary/aromatic N) is 4. The molecule has 0 saturated carbocycles. The van der Waals surface area contributed by atoms with Crippen LogP contribution < -0.4 is 9.64 Å². The highest BCUT2D eigenvalue weighted by Crippen LogP contribution is 2.46. The molecule has 0 fully saturated rings. The molecule has 0 aliphatic carbocycles. The molecule has 2 aromatic carbocycles. The Morgan fingerprint density at radius 3 is 2.51 bits per heavy atom. The zero-order valence-electron chi connectivity index (χ0n) is 19.5. The van der Waals surface area contributed by atoms with E-state index < -0.39 is 5.97 Å². The fourth-order valence-corrected chi connectivity index (χ4v) is 5.05. The molecule has 180 valence electrons. The Kier molecular flexibility index (Phi) is 6.08. The summed E-state index contributed by atoms with van der Waals surface area (Å²) in [7, 11) is 0. The lowest BCUT2D eigenvalue weighted by molar-refractivity contribution is -0.136. The highest BCUT2D eigenvalue weighted by atomic mass is 35.5. The van der Waals surface area contributed by atoms with E-state index >= 15 is 0 Å². The van der Waals surface area contributed by atoms with Crippen molar-refractivity contribution >= 4 is 40.1 Å². The van der Waals surface area contributed by atoms with E-state index in [9.17, 15) is 9.90 Å². The van der Waals surface area contributed by atoms with Gasteiger partial charge in [0.25, 0.3) is 0 Å². The van der Waals surface area contributed by atoms with Crippen molar-refractivity contribution in [2.24, 2.45) is 0 Å². The molecule has 9 heteroatoms. The zero-order valence-corrected chi connectivity index (χ0v) is 20.2. The van der Waals surface area contributed by atoms with Crippen LogP contribution in [0.5, 0.6) is 5.75 Å². The molecule has 0 saturated heterocycles. The van der Waals surface area contributed by atoms with E-state index in [2.05, 4.69) is 27.5 Å². The van der Waals surface area contributed by atoms with Gasteiger partial charge in [0.15, 0.2) is 5.75 Å². The number of aliphatic carboxylic acids is 1. The molecule has 1 aliphatic heterocycles. The molecule has 35 heavy (non-hydrogen) atoms. The summed E-state index contributed by atoms with van der Waals surface area (Å²) in [6, 6.07) is 9.65. The number of anilines is 2. The summed E-state index contributed by atoms with van der Waals surface area (Å²) in [6.45, 7) is 5.50. The van der Waals surface area contributed by atoms with Crippen LogP contribution in [-0.2, 0) is 17.8 Å². The maximum absolute atomic E-state index is 12.0. The van der Waals surface area contributed by atoms with E-state index in [1.807, 2.05) is 36.1 Å². The van der Waals surface area contributed by atoms with Crippen LogP contribution in [0.4, 0.5) is 11.6 Å². The van der Waals surface area contributed by atoms with E-state index in [0.29, 0.717) is 23.3 Å². The molecular formula is C26H25ClN4O4. The van der Waals surface area contributed by atoms with Crippen LogP contribution in [0, 0.1) is 13.8 Å². The van der Waals surface area contributed by atoms with Gasteiger partial charge in [-0.05, 0) is 54.3 Å². The highest BCUT2D eigenvalue weighted by Gasteiger charge is 2.30. The molecule has 2 N–H and O–H groups in total. The Bertz CT molecular complexity index is 1410. The molecule has 0 amide bonds. The van der Waals surface area contributed by atoms with Gasteiger partial charge in [-0.15, -0.1) is 0 Å². The molecule has 8 nitrogen and oxygen atoms in total. The monoisotopic (exact) mass is 492 g/mol. The number of carboxylic acids is 1. The lowest BCUT2D eigenvalue weighted by atomic mass is 9.88. The fourth-order valence-electron chi connectivity index (χ4n) is 4.93. The molecule has 5 rings (SSSR count). The molecule has 0 spiro atoms. The molecule has 2 aromatic heterocycles. The van der Waals surface area contributed by atoms with Crippen LogP contribution >= 0.6 is 11.6 Å². The summed E-state index contributed by atoms with van der Waals surface area (Å²) >= 11 is 6.14. The number of aliphatic hydroxyl groups excluding tert-OH is 1. The maximum atomic E-state index is 12.0. The van der Waals surface area contributed by atoms with Gasteiger partial charge in [0, 0.05) is 29.2 Å². The summed E-state index contributed by atoms with van der Waals surface area (Å²) in [6.07, 6.45) is 3.06. The van der Waals surface area contributed by atoms with Crippen molar-refractivity contribution < 1.29 is 19.7 Å². The number of carboxylic acid groups (broad SMARTS) is 1. The van der Waals surface area contributed by atoms with Crippen LogP contribution in [0.2, 0.25) is 5.02 Å². The number of hydrogen-bond acceptors (Lipinski definition) is 6. The number of aromatic nitrogens is 3. The normalized spacial score (nSPS) is 12.9. The number of aliphatic hydroxyl groups is 1. The van der Waals surface area contributed by atoms with Crippen LogP contribution in [0.1, 0.15) is 16.8 Å². The van der Waals surface area contributed by atoms with Crippen LogP contribution in [0.25, 0.3) is 22.0 Å². The first-order valence-corrected chi connectivity index (χ1v) is 11.7. The van der Waals surface area contributed by atoms with Crippen LogP contribution in [-0.4, -0.2) is 50.5 Å². The van der Waals surface area contributed by atoms with Gasteiger partial charge < -0.3 is 24.4 Å². The molecular weight excluding hydrogens is 468 g/mol. The Morgan fingerprint density at radius 1 is 1.14 bits per heavy atom. The second kappa shape index (κ2) is 9.20. The second-order valence-electron chi connectivity index (χ2n) is 8.55. The van der Waals surface area contributed by atoms with Crippen molar-refractivity contribution in [1.29, 1.82) is 0 Å². The average Bonchev–Trinajstić information content (AvgIpc) is 3.18. The number of ether oxygens (including phenoxy) is 1. The highest BCUT2D eigenvalue weighted by molar-refractivity contribution is 6.30. The fraction of sp³-hybridized carbons (Fsp3) is 0.269. The van der Waals surface area contributed by atoms with Crippen molar-refractivity contribution in [3.63, 3.8) is 0 Å². The van der Waals surface area contributed by atoms with E-state index in [4.69, 9.17) is 21.4 Å². The first kappa shape index (κ1) is 23.1. The predicted molar refractivity (Wildman–Crippen MR) is 135 cm³/mol. The minimum absolute atomic E-state index is 0.0896. The quantitative estimate of drug-likeness (QED) is 0.391. The minimum Gasteiger partial charge on any atom is -0.488 e. The molecule has 0 radical (unpaired) electrons. The molecule has 1 aliphatic rings. The van der Waals surface area contributed by atoms with Gasteiger partial charge in [0.1, 0.15) is 6.61 Å². The SMILES string of the molecule is Cc1c(CC(=O)O)c(-c2ccc(Cl)cc2)c2cc(C)n3c2c1N(c1ncc(OCCO)cn1)CC3. The minimum atomic E-state index is -0.894. The lowest BCUT2D eigenvalue weighted by Crippen LogP contribution is -2.30.